The van der Waals surface area contributed by atoms with Crippen LogP contribution >= 0.6 is 23.4 Å². The second-order valence-corrected chi connectivity index (χ2v) is 5.60. The minimum Gasteiger partial charge on any atom is -0.260 e. The van der Waals surface area contributed by atoms with Gasteiger partial charge >= 0.3 is 0 Å². The van der Waals surface area contributed by atoms with Crippen LogP contribution in [0.2, 0.25) is 5.02 Å². The maximum Gasteiger partial charge on any atom is 0.0517 e. The van der Waals surface area contributed by atoms with E-state index >= 15 is 0 Å². The van der Waals surface area contributed by atoms with Crippen molar-refractivity contribution in [3.63, 3.8) is 0 Å². The van der Waals surface area contributed by atoms with E-state index in [4.69, 9.17) is 11.6 Å². The number of pyridine rings is 1. The van der Waals surface area contributed by atoms with Crippen molar-refractivity contribution in [3.8, 4) is 0 Å². The summed E-state index contributed by atoms with van der Waals surface area (Å²) in [5.74, 6) is 3.24. The van der Waals surface area contributed by atoms with Crippen molar-refractivity contribution in [1.82, 2.24) is 4.98 Å². The summed E-state index contributed by atoms with van der Waals surface area (Å²) in [6.45, 7) is 0. The quantitative estimate of drug-likeness (QED) is 0.785. The number of hydrogen-bond acceptors (Lipinski definition) is 2. The van der Waals surface area contributed by atoms with Crippen LogP contribution in [0.4, 0.5) is 0 Å². The maximum absolute atomic E-state index is 5.90. The molecule has 1 nitrogen and oxygen atoms in total. The Morgan fingerprint density at radius 1 is 1.40 bits per heavy atom. The van der Waals surface area contributed by atoms with Gasteiger partial charge in [-0.05, 0) is 36.6 Å². The van der Waals surface area contributed by atoms with Gasteiger partial charge in [-0.25, -0.2) is 0 Å². The second kappa shape index (κ2) is 5.76. The van der Waals surface area contributed by atoms with E-state index in [0.717, 1.165) is 22.4 Å². The molecule has 0 bridgehead atoms. The molecule has 0 N–H and O–H groups in total. The average molecular weight is 242 g/mol. The third kappa shape index (κ3) is 3.69. The van der Waals surface area contributed by atoms with Crippen molar-refractivity contribution in [2.45, 2.75) is 31.4 Å². The largest absolute Gasteiger partial charge is 0.260 e. The first-order valence-electron chi connectivity index (χ1n) is 5.53. The van der Waals surface area contributed by atoms with Crippen LogP contribution in [0.5, 0.6) is 0 Å². The van der Waals surface area contributed by atoms with Gasteiger partial charge in [0.15, 0.2) is 0 Å². The van der Waals surface area contributed by atoms with Gasteiger partial charge in [-0.2, -0.15) is 11.8 Å². The number of halogens is 1. The van der Waals surface area contributed by atoms with E-state index in [1.54, 1.807) is 6.20 Å². The topological polar surface area (TPSA) is 12.9 Å². The lowest BCUT2D eigenvalue weighted by Gasteiger charge is -2.07. The number of aromatic nitrogens is 1. The zero-order valence-corrected chi connectivity index (χ0v) is 10.4. The molecule has 1 fully saturated rings. The van der Waals surface area contributed by atoms with Crippen LogP contribution < -0.4 is 0 Å². The van der Waals surface area contributed by atoms with Crippen molar-refractivity contribution < 1.29 is 0 Å². The number of hydrogen-bond donors (Lipinski definition) is 0. The van der Waals surface area contributed by atoms with E-state index in [9.17, 15) is 0 Å². The minimum absolute atomic E-state index is 0.793. The smallest absolute Gasteiger partial charge is 0.0517 e. The van der Waals surface area contributed by atoms with Crippen LogP contribution in [0.15, 0.2) is 18.3 Å². The lowest BCUT2D eigenvalue weighted by atomic mass is 10.1. The first-order valence-corrected chi connectivity index (χ1v) is 7.06. The fraction of sp³-hybridized carbons (Fsp3) is 0.583. The molecule has 0 aromatic carbocycles. The zero-order chi connectivity index (χ0) is 10.5. The van der Waals surface area contributed by atoms with Gasteiger partial charge in [0.2, 0.25) is 0 Å². The molecule has 82 valence electrons. The Balaban J connectivity index is 1.73. The summed E-state index contributed by atoms with van der Waals surface area (Å²) in [6, 6.07) is 3.79. The second-order valence-electron chi connectivity index (χ2n) is 4.13. The molecular formula is C12H16ClNS. The van der Waals surface area contributed by atoms with E-state index in [0.29, 0.717) is 0 Å². The molecule has 1 saturated carbocycles. The van der Waals surface area contributed by atoms with Gasteiger partial charge in [0.05, 0.1) is 5.69 Å². The molecule has 0 aliphatic heterocycles. The standard InChI is InChI=1S/C12H16ClNS/c13-11-5-6-14-12(7-11)9-15-8-10-3-1-2-4-10/h5-7,10H,1-4,8-9H2. The Labute approximate surface area is 101 Å². The maximum atomic E-state index is 5.90. The molecular weight excluding hydrogens is 226 g/mol. The Hall–Kier alpha value is -0.210. The summed E-state index contributed by atoms with van der Waals surface area (Å²) >= 11 is 7.89. The third-order valence-electron chi connectivity index (χ3n) is 2.86. The SMILES string of the molecule is Clc1ccnc(CSCC2CCCC2)c1. The van der Waals surface area contributed by atoms with Crippen LogP contribution in [0, 0.1) is 5.92 Å². The van der Waals surface area contributed by atoms with Crippen molar-refractivity contribution in [3.05, 3.63) is 29.0 Å². The molecule has 1 aromatic heterocycles. The minimum atomic E-state index is 0.793. The van der Waals surface area contributed by atoms with Crippen molar-refractivity contribution >= 4 is 23.4 Å². The number of thioether (sulfide) groups is 1. The highest BCUT2D eigenvalue weighted by Crippen LogP contribution is 2.28. The van der Waals surface area contributed by atoms with Gasteiger partial charge in [0.25, 0.3) is 0 Å². The van der Waals surface area contributed by atoms with Gasteiger partial charge in [-0.1, -0.05) is 24.4 Å². The lowest BCUT2D eigenvalue weighted by Crippen LogP contribution is -1.97. The molecule has 0 spiro atoms. The molecule has 0 atom stereocenters. The highest BCUT2D eigenvalue weighted by molar-refractivity contribution is 7.98. The average Bonchev–Trinajstić information content (AvgIpc) is 2.71. The lowest BCUT2D eigenvalue weighted by molar-refractivity contribution is 0.623. The first kappa shape index (κ1) is 11.3. The molecule has 2 rings (SSSR count). The summed E-state index contributed by atoms with van der Waals surface area (Å²) in [5, 5.41) is 0.793. The molecule has 3 heteroatoms. The molecule has 1 aromatic rings. The molecule has 1 aliphatic rings. The number of nitrogens with zero attached hydrogens (tertiary/aromatic N) is 1. The van der Waals surface area contributed by atoms with Crippen LogP contribution in [0.25, 0.3) is 0 Å². The Morgan fingerprint density at radius 2 is 2.20 bits per heavy atom. The van der Waals surface area contributed by atoms with E-state index in [2.05, 4.69) is 4.98 Å². The summed E-state index contributed by atoms with van der Waals surface area (Å²) < 4.78 is 0. The highest BCUT2D eigenvalue weighted by atomic mass is 35.5. The predicted octanol–water partition coefficient (Wildman–Crippen LogP) is 4.16. The monoisotopic (exact) mass is 241 g/mol. The van der Waals surface area contributed by atoms with Crippen LogP contribution in [-0.4, -0.2) is 10.7 Å². The Morgan fingerprint density at radius 3 is 2.93 bits per heavy atom. The summed E-state index contributed by atoms with van der Waals surface area (Å²) in [5.41, 5.74) is 1.10. The van der Waals surface area contributed by atoms with Gasteiger partial charge in [0.1, 0.15) is 0 Å². The van der Waals surface area contributed by atoms with Gasteiger partial charge < -0.3 is 0 Å². The summed E-state index contributed by atoms with van der Waals surface area (Å²) in [7, 11) is 0. The molecule has 0 radical (unpaired) electrons. The fourth-order valence-corrected chi connectivity index (χ4v) is 3.37. The van der Waals surface area contributed by atoms with E-state index < -0.39 is 0 Å². The highest BCUT2D eigenvalue weighted by Gasteiger charge is 2.14. The van der Waals surface area contributed by atoms with Crippen LogP contribution in [0.1, 0.15) is 31.4 Å². The van der Waals surface area contributed by atoms with E-state index in [1.165, 1.54) is 31.4 Å². The number of rotatable bonds is 4. The van der Waals surface area contributed by atoms with Crippen LogP contribution in [0.3, 0.4) is 0 Å². The first-order chi connectivity index (χ1) is 7.34. The van der Waals surface area contributed by atoms with Crippen LogP contribution in [-0.2, 0) is 5.75 Å². The Kier molecular flexibility index (Phi) is 4.33. The van der Waals surface area contributed by atoms with Crippen molar-refractivity contribution in [1.29, 1.82) is 0 Å². The third-order valence-corrected chi connectivity index (χ3v) is 4.30. The molecule has 1 aliphatic carbocycles. The van der Waals surface area contributed by atoms with Crippen molar-refractivity contribution in [2.24, 2.45) is 5.92 Å². The molecule has 0 unspecified atom stereocenters. The van der Waals surface area contributed by atoms with Gasteiger partial charge in [0, 0.05) is 17.0 Å². The normalized spacial score (nSPS) is 17.1. The molecule has 15 heavy (non-hydrogen) atoms. The summed E-state index contributed by atoms with van der Waals surface area (Å²) in [6.07, 6.45) is 7.50. The van der Waals surface area contributed by atoms with E-state index in [-0.39, 0.29) is 0 Å². The molecule has 1 heterocycles. The van der Waals surface area contributed by atoms with Crippen molar-refractivity contribution in [2.75, 3.05) is 5.75 Å². The summed E-state index contributed by atoms with van der Waals surface area (Å²) in [4.78, 5) is 4.30. The van der Waals surface area contributed by atoms with E-state index in [1.807, 2.05) is 23.9 Å². The molecule has 0 saturated heterocycles. The fourth-order valence-electron chi connectivity index (χ4n) is 2.03. The zero-order valence-electron chi connectivity index (χ0n) is 8.79. The van der Waals surface area contributed by atoms with Gasteiger partial charge in [-0.15, -0.1) is 0 Å². The Bertz CT molecular complexity index is 310. The molecule has 0 amide bonds. The van der Waals surface area contributed by atoms with Gasteiger partial charge in [-0.3, -0.25) is 4.98 Å². The predicted molar refractivity (Wildman–Crippen MR) is 67.4 cm³/mol.